The van der Waals surface area contributed by atoms with E-state index in [1.807, 2.05) is 58.0 Å². The summed E-state index contributed by atoms with van der Waals surface area (Å²) < 4.78 is 6.24. The number of hydrogen-bond acceptors (Lipinski definition) is 4. The minimum Gasteiger partial charge on any atom is -0.396 e. The molecular formula is C20H32O3S. The van der Waals surface area contributed by atoms with Crippen LogP contribution in [0.2, 0.25) is 0 Å². The van der Waals surface area contributed by atoms with Gasteiger partial charge in [-0.05, 0) is 11.5 Å². The SMILES string of the molecule is CC(C)[C@@H](O[C@@H](CC(=O)SC(C)(C)C)c1ccccc1)[C@H](C)CO. The molecule has 0 amide bonds. The van der Waals surface area contributed by atoms with E-state index in [0.29, 0.717) is 6.42 Å². The lowest BCUT2D eigenvalue weighted by Crippen LogP contribution is -2.32. The number of aliphatic hydroxyl groups is 1. The van der Waals surface area contributed by atoms with E-state index in [2.05, 4.69) is 13.8 Å². The maximum atomic E-state index is 12.5. The van der Waals surface area contributed by atoms with Gasteiger partial charge in [-0.1, -0.05) is 83.6 Å². The molecule has 1 rings (SSSR count). The molecule has 3 nitrogen and oxygen atoms in total. The highest BCUT2D eigenvalue weighted by molar-refractivity contribution is 8.14. The molecule has 0 unspecified atom stereocenters. The predicted molar refractivity (Wildman–Crippen MR) is 102 cm³/mol. The Morgan fingerprint density at radius 1 is 1.17 bits per heavy atom. The van der Waals surface area contributed by atoms with Gasteiger partial charge in [-0.25, -0.2) is 0 Å². The number of rotatable bonds is 8. The lowest BCUT2D eigenvalue weighted by molar-refractivity contribution is -0.119. The largest absolute Gasteiger partial charge is 0.396 e. The predicted octanol–water partition coefficient (Wildman–Crippen LogP) is 4.85. The van der Waals surface area contributed by atoms with E-state index in [4.69, 9.17) is 4.74 Å². The number of benzene rings is 1. The zero-order valence-electron chi connectivity index (χ0n) is 15.8. The van der Waals surface area contributed by atoms with Gasteiger partial charge in [0.25, 0.3) is 0 Å². The highest BCUT2D eigenvalue weighted by atomic mass is 32.2. The molecule has 1 aromatic carbocycles. The van der Waals surface area contributed by atoms with Crippen LogP contribution in [-0.4, -0.2) is 27.7 Å². The van der Waals surface area contributed by atoms with Crippen LogP contribution in [0.1, 0.15) is 59.6 Å². The van der Waals surface area contributed by atoms with Gasteiger partial charge < -0.3 is 9.84 Å². The monoisotopic (exact) mass is 352 g/mol. The van der Waals surface area contributed by atoms with Gasteiger partial charge in [0, 0.05) is 23.7 Å². The zero-order valence-corrected chi connectivity index (χ0v) is 16.6. The van der Waals surface area contributed by atoms with Crippen molar-refractivity contribution in [1.29, 1.82) is 0 Å². The van der Waals surface area contributed by atoms with Crippen LogP contribution in [0.25, 0.3) is 0 Å². The van der Waals surface area contributed by atoms with Crippen LogP contribution in [-0.2, 0) is 9.53 Å². The quantitative estimate of drug-likeness (QED) is 0.727. The van der Waals surface area contributed by atoms with E-state index in [-0.39, 0.29) is 40.5 Å². The van der Waals surface area contributed by atoms with Crippen LogP contribution in [0.4, 0.5) is 0 Å². The number of ether oxygens (including phenoxy) is 1. The van der Waals surface area contributed by atoms with E-state index in [9.17, 15) is 9.90 Å². The number of aliphatic hydroxyl groups excluding tert-OH is 1. The summed E-state index contributed by atoms with van der Waals surface area (Å²) in [5, 5.41) is 9.66. The molecule has 0 bridgehead atoms. The normalized spacial score (nSPS) is 16.0. The van der Waals surface area contributed by atoms with Crippen molar-refractivity contribution in [1.82, 2.24) is 0 Å². The van der Waals surface area contributed by atoms with Crippen molar-refractivity contribution in [2.75, 3.05) is 6.61 Å². The smallest absolute Gasteiger partial charge is 0.192 e. The second-order valence-electron chi connectivity index (χ2n) is 7.69. The van der Waals surface area contributed by atoms with Crippen LogP contribution in [0.15, 0.2) is 30.3 Å². The molecule has 136 valence electrons. The van der Waals surface area contributed by atoms with Crippen molar-refractivity contribution in [3.63, 3.8) is 0 Å². The first-order valence-corrected chi connectivity index (χ1v) is 9.48. The molecule has 4 heteroatoms. The zero-order chi connectivity index (χ0) is 18.3. The summed E-state index contributed by atoms with van der Waals surface area (Å²) in [7, 11) is 0. The third-order valence-electron chi connectivity index (χ3n) is 3.77. The Balaban J connectivity index is 2.95. The summed E-state index contributed by atoms with van der Waals surface area (Å²) in [5.41, 5.74) is 1.01. The van der Waals surface area contributed by atoms with Crippen molar-refractivity contribution >= 4 is 16.9 Å². The van der Waals surface area contributed by atoms with Crippen molar-refractivity contribution in [3.05, 3.63) is 35.9 Å². The van der Waals surface area contributed by atoms with Gasteiger partial charge >= 0.3 is 0 Å². The molecule has 24 heavy (non-hydrogen) atoms. The Labute approximate surface area is 151 Å². The fourth-order valence-electron chi connectivity index (χ4n) is 2.69. The Bertz CT molecular complexity index is 493. The van der Waals surface area contributed by atoms with Crippen molar-refractivity contribution in [3.8, 4) is 0 Å². The maximum absolute atomic E-state index is 12.5. The van der Waals surface area contributed by atoms with Crippen molar-refractivity contribution in [2.24, 2.45) is 11.8 Å². The summed E-state index contributed by atoms with van der Waals surface area (Å²) in [6.07, 6.45) is -0.0320. The van der Waals surface area contributed by atoms with E-state index >= 15 is 0 Å². The van der Waals surface area contributed by atoms with Gasteiger partial charge in [0.15, 0.2) is 5.12 Å². The van der Waals surface area contributed by atoms with Gasteiger partial charge in [0.1, 0.15) is 0 Å². The minimum absolute atomic E-state index is 0.0292. The van der Waals surface area contributed by atoms with Crippen LogP contribution in [0, 0.1) is 11.8 Å². The summed E-state index contributed by atoms with van der Waals surface area (Å²) in [6, 6.07) is 9.89. The molecule has 0 saturated carbocycles. The van der Waals surface area contributed by atoms with Gasteiger partial charge in [-0.15, -0.1) is 0 Å². The molecule has 0 aliphatic heterocycles. The second kappa shape index (κ2) is 9.59. The van der Waals surface area contributed by atoms with Gasteiger partial charge in [0.05, 0.1) is 12.2 Å². The Morgan fingerprint density at radius 3 is 2.21 bits per heavy atom. The topological polar surface area (TPSA) is 46.5 Å². The van der Waals surface area contributed by atoms with E-state index in [0.717, 1.165) is 5.56 Å². The Hall–Kier alpha value is -0.840. The van der Waals surface area contributed by atoms with E-state index < -0.39 is 0 Å². The average molecular weight is 353 g/mol. The van der Waals surface area contributed by atoms with Crippen LogP contribution in [0.5, 0.6) is 0 Å². The molecule has 0 fully saturated rings. The number of carbonyl (C=O) groups is 1. The van der Waals surface area contributed by atoms with Crippen LogP contribution < -0.4 is 0 Å². The molecule has 1 aromatic rings. The van der Waals surface area contributed by atoms with Gasteiger partial charge in [-0.2, -0.15) is 0 Å². The lowest BCUT2D eigenvalue weighted by Gasteiger charge is -2.31. The van der Waals surface area contributed by atoms with Gasteiger partial charge in [0.2, 0.25) is 0 Å². The molecular weight excluding hydrogens is 320 g/mol. The minimum atomic E-state index is -0.282. The maximum Gasteiger partial charge on any atom is 0.192 e. The average Bonchev–Trinajstić information content (AvgIpc) is 2.49. The molecule has 0 saturated heterocycles. The standard InChI is InChI=1S/C20H32O3S/c1-14(2)19(15(3)13-21)23-17(16-10-8-7-9-11-16)12-18(22)24-20(4,5)6/h7-11,14-15,17,19,21H,12-13H2,1-6H3/t15-,17+,19-/m1/s1. The third kappa shape index (κ3) is 7.37. The number of hydrogen-bond donors (Lipinski definition) is 1. The van der Waals surface area contributed by atoms with E-state index in [1.165, 1.54) is 11.8 Å². The molecule has 0 aliphatic carbocycles. The summed E-state index contributed by atoms with van der Waals surface area (Å²) in [5.74, 6) is 0.297. The molecule has 0 aliphatic rings. The molecule has 0 radical (unpaired) electrons. The highest BCUT2D eigenvalue weighted by Crippen LogP contribution is 2.33. The van der Waals surface area contributed by atoms with E-state index in [1.54, 1.807) is 0 Å². The van der Waals surface area contributed by atoms with Crippen molar-refractivity contribution < 1.29 is 14.6 Å². The first kappa shape index (κ1) is 21.2. The van der Waals surface area contributed by atoms with Crippen LogP contribution >= 0.6 is 11.8 Å². The van der Waals surface area contributed by atoms with Gasteiger partial charge in [-0.3, -0.25) is 4.79 Å². The first-order valence-electron chi connectivity index (χ1n) is 8.67. The fourth-order valence-corrected chi connectivity index (χ4v) is 3.61. The molecule has 0 spiro atoms. The summed E-state index contributed by atoms with van der Waals surface area (Å²) in [4.78, 5) is 12.5. The molecule has 3 atom stereocenters. The second-order valence-corrected chi connectivity index (χ2v) is 9.58. The Morgan fingerprint density at radius 2 is 1.75 bits per heavy atom. The van der Waals surface area contributed by atoms with Crippen molar-refractivity contribution in [2.45, 2.75) is 64.9 Å². The fraction of sp³-hybridized carbons (Fsp3) is 0.650. The summed E-state index contributed by atoms with van der Waals surface area (Å²) in [6.45, 7) is 12.4. The molecule has 1 N–H and O–H groups in total. The Kier molecular flexibility index (Phi) is 8.48. The van der Waals surface area contributed by atoms with Crippen LogP contribution in [0.3, 0.4) is 0 Å². The first-order chi connectivity index (χ1) is 11.1. The molecule has 0 aromatic heterocycles. The number of thioether (sulfide) groups is 1. The highest BCUT2D eigenvalue weighted by Gasteiger charge is 2.28. The lowest BCUT2D eigenvalue weighted by atomic mass is 9.94. The third-order valence-corrected chi connectivity index (χ3v) is 4.78. The summed E-state index contributed by atoms with van der Waals surface area (Å²) >= 11 is 1.36. The molecule has 0 heterocycles. The number of carbonyl (C=O) groups excluding carboxylic acids is 1.